The van der Waals surface area contributed by atoms with Crippen molar-refractivity contribution in [1.29, 1.82) is 0 Å². The number of aliphatic hydroxyl groups is 1. The van der Waals surface area contributed by atoms with Gasteiger partial charge in [-0.2, -0.15) is 4.68 Å². The molecule has 0 unspecified atom stereocenters. The van der Waals surface area contributed by atoms with Crippen LogP contribution in [0.25, 0.3) is 5.69 Å². The van der Waals surface area contributed by atoms with E-state index in [9.17, 15) is 24.3 Å². The average molecular weight is 691 g/mol. The molecule has 0 aliphatic carbocycles. The number of carbonyl (C=O) groups is 4. The maximum Gasteiger partial charge on any atom is 0.338 e. The van der Waals surface area contributed by atoms with Gasteiger partial charge in [-0.25, -0.2) is 4.79 Å². The molecule has 15 nitrogen and oxygen atoms in total. The Morgan fingerprint density at radius 1 is 1.02 bits per heavy atom. The normalized spacial score (nSPS) is 15.2. The minimum atomic E-state index is -1.21. The second-order valence-electron chi connectivity index (χ2n) is 12.1. The minimum Gasteiger partial charge on any atom is -0.456 e. The topological polar surface area (TPSA) is 190 Å². The van der Waals surface area contributed by atoms with Gasteiger partial charge in [0.05, 0.1) is 30.2 Å². The second kappa shape index (κ2) is 15.2. The van der Waals surface area contributed by atoms with E-state index in [1.54, 1.807) is 62.1 Å². The summed E-state index contributed by atoms with van der Waals surface area (Å²) in [4.78, 5) is 54.2. The Bertz CT molecular complexity index is 1800. The standard InChI is InChI=1S/C33H35ClN8O7/c1-33(2,3)49-32(47)21-6-9-23(10-7-21)36-29(44)26(16-20-4-11-24(12-5-20)41-14-15-48-18-28(41)43)38-31(46)30(45)37-25-17-22(34)8-13-27(25)42-19-35-39-40-42/h4-13,17,19,26,28,43H,14-16,18H2,1-3H3,(H,36,44)(H,37,45)(H,38,46)/t26-,28-/m0/s1. The molecule has 5 rings (SSSR count). The van der Waals surface area contributed by atoms with Crippen LogP contribution in [0.2, 0.25) is 5.02 Å². The number of rotatable bonds is 9. The number of ether oxygens (including phenoxy) is 2. The number of halogens is 1. The molecule has 2 heterocycles. The molecule has 0 radical (unpaired) electrons. The summed E-state index contributed by atoms with van der Waals surface area (Å²) in [5.74, 6) is -3.28. The van der Waals surface area contributed by atoms with Crippen molar-refractivity contribution in [3.05, 3.63) is 89.2 Å². The van der Waals surface area contributed by atoms with Gasteiger partial charge in [-0.1, -0.05) is 23.7 Å². The van der Waals surface area contributed by atoms with Crippen LogP contribution in [0.3, 0.4) is 0 Å². The van der Waals surface area contributed by atoms with Crippen LogP contribution in [0.15, 0.2) is 73.1 Å². The fourth-order valence-electron chi connectivity index (χ4n) is 4.90. The number of aliphatic hydroxyl groups excluding tert-OH is 1. The van der Waals surface area contributed by atoms with Crippen molar-refractivity contribution in [1.82, 2.24) is 25.5 Å². The predicted octanol–water partition coefficient (Wildman–Crippen LogP) is 2.73. The summed E-state index contributed by atoms with van der Waals surface area (Å²) in [5, 5.41) is 29.4. The van der Waals surface area contributed by atoms with Gasteiger partial charge in [0.2, 0.25) is 5.91 Å². The molecule has 1 fully saturated rings. The van der Waals surface area contributed by atoms with Crippen LogP contribution in [0, 0.1) is 0 Å². The number of nitrogens with zero attached hydrogens (tertiary/aromatic N) is 5. The Morgan fingerprint density at radius 2 is 1.76 bits per heavy atom. The Kier molecular flexibility index (Phi) is 10.9. The molecule has 4 aromatic rings. The van der Waals surface area contributed by atoms with Gasteiger partial charge in [-0.15, -0.1) is 5.10 Å². The Balaban J connectivity index is 1.33. The first-order valence-electron chi connectivity index (χ1n) is 15.3. The summed E-state index contributed by atoms with van der Waals surface area (Å²) in [6, 6.07) is 16.6. The number of amides is 3. The van der Waals surface area contributed by atoms with E-state index < -0.39 is 41.6 Å². The molecule has 3 amide bonds. The summed E-state index contributed by atoms with van der Waals surface area (Å²) in [7, 11) is 0. The average Bonchev–Trinajstić information content (AvgIpc) is 3.59. The van der Waals surface area contributed by atoms with E-state index in [2.05, 4.69) is 31.5 Å². The van der Waals surface area contributed by atoms with E-state index in [1.807, 2.05) is 0 Å². The molecule has 4 N–H and O–H groups in total. The maximum absolute atomic E-state index is 13.6. The van der Waals surface area contributed by atoms with Crippen molar-refractivity contribution in [3.63, 3.8) is 0 Å². The van der Waals surface area contributed by atoms with Gasteiger partial charge >= 0.3 is 17.8 Å². The van der Waals surface area contributed by atoms with Crippen molar-refractivity contribution in [3.8, 4) is 5.69 Å². The van der Waals surface area contributed by atoms with Gasteiger partial charge in [0.15, 0.2) is 6.23 Å². The van der Waals surface area contributed by atoms with Crippen molar-refractivity contribution < 1.29 is 33.8 Å². The summed E-state index contributed by atoms with van der Waals surface area (Å²) in [6.45, 7) is 6.44. The molecule has 2 atom stereocenters. The van der Waals surface area contributed by atoms with Crippen LogP contribution >= 0.6 is 11.6 Å². The van der Waals surface area contributed by atoms with E-state index in [0.717, 1.165) is 5.69 Å². The third kappa shape index (κ3) is 9.37. The van der Waals surface area contributed by atoms with E-state index in [0.29, 0.717) is 35.7 Å². The fourth-order valence-corrected chi connectivity index (χ4v) is 5.07. The molecular weight excluding hydrogens is 656 g/mol. The maximum atomic E-state index is 13.6. The van der Waals surface area contributed by atoms with Gasteiger partial charge in [-0.3, -0.25) is 14.4 Å². The first-order valence-corrected chi connectivity index (χ1v) is 15.6. The molecule has 0 spiro atoms. The van der Waals surface area contributed by atoms with E-state index in [1.165, 1.54) is 41.3 Å². The number of hydrogen-bond acceptors (Lipinski definition) is 11. The monoisotopic (exact) mass is 690 g/mol. The van der Waals surface area contributed by atoms with Crippen LogP contribution in [-0.4, -0.2) is 86.6 Å². The van der Waals surface area contributed by atoms with Gasteiger partial charge < -0.3 is 35.4 Å². The van der Waals surface area contributed by atoms with Gasteiger partial charge in [0.1, 0.15) is 18.0 Å². The molecule has 49 heavy (non-hydrogen) atoms. The van der Waals surface area contributed by atoms with Crippen molar-refractivity contribution in [2.75, 3.05) is 35.3 Å². The fraction of sp³-hybridized carbons (Fsp3) is 0.303. The SMILES string of the molecule is CC(C)(C)OC(=O)c1ccc(NC(=O)[C@H](Cc2ccc(N3CCOC[C@@H]3O)cc2)NC(=O)C(=O)Nc2cc(Cl)ccc2-n2cnnn2)cc1. The van der Waals surface area contributed by atoms with Crippen molar-refractivity contribution >= 4 is 52.4 Å². The predicted molar refractivity (Wildman–Crippen MR) is 179 cm³/mol. The number of hydrogen-bond donors (Lipinski definition) is 4. The number of nitrogens with one attached hydrogen (secondary N) is 3. The van der Waals surface area contributed by atoms with Crippen LogP contribution in [0.5, 0.6) is 0 Å². The number of benzene rings is 3. The largest absolute Gasteiger partial charge is 0.456 e. The molecule has 0 bridgehead atoms. The van der Waals surface area contributed by atoms with Gasteiger partial charge in [-0.05, 0) is 91.4 Å². The third-order valence-corrected chi connectivity index (χ3v) is 7.46. The first-order chi connectivity index (χ1) is 23.4. The highest BCUT2D eigenvalue weighted by Gasteiger charge is 2.27. The first kappa shape index (κ1) is 34.9. The minimum absolute atomic E-state index is 0.0137. The number of tetrazole rings is 1. The van der Waals surface area contributed by atoms with Gasteiger partial charge in [0.25, 0.3) is 0 Å². The second-order valence-corrected chi connectivity index (χ2v) is 12.5. The van der Waals surface area contributed by atoms with Crippen LogP contribution < -0.4 is 20.9 Å². The molecular formula is C33H35ClN8O7. The molecule has 1 aliphatic rings. The number of anilines is 3. The zero-order valence-electron chi connectivity index (χ0n) is 26.9. The van der Waals surface area contributed by atoms with Gasteiger partial charge in [0, 0.05) is 29.4 Å². The zero-order chi connectivity index (χ0) is 35.1. The quantitative estimate of drug-likeness (QED) is 0.149. The van der Waals surface area contributed by atoms with Crippen LogP contribution in [0.4, 0.5) is 17.1 Å². The third-order valence-electron chi connectivity index (χ3n) is 7.23. The molecule has 1 aromatic heterocycles. The van der Waals surface area contributed by atoms with E-state index in [4.69, 9.17) is 21.1 Å². The number of morpholine rings is 1. The lowest BCUT2D eigenvalue weighted by atomic mass is 10.0. The van der Waals surface area contributed by atoms with Crippen LogP contribution in [-0.2, 0) is 30.3 Å². The molecule has 1 aliphatic heterocycles. The lowest BCUT2D eigenvalue weighted by molar-refractivity contribution is -0.137. The molecule has 0 saturated carbocycles. The molecule has 3 aromatic carbocycles. The molecule has 1 saturated heterocycles. The Labute approximate surface area is 286 Å². The molecule has 16 heteroatoms. The highest BCUT2D eigenvalue weighted by Crippen LogP contribution is 2.24. The van der Waals surface area contributed by atoms with Crippen LogP contribution in [0.1, 0.15) is 36.7 Å². The Morgan fingerprint density at radius 3 is 2.41 bits per heavy atom. The summed E-state index contributed by atoms with van der Waals surface area (Å²) >= 11 is 6.14. The summed E-state index contributed by atoms with van der Waals surface area (Å²) in [5.41, 5.74) is 1.91. The van der Waals surface area contributed by atoms with Crippen molar-refractivity contribution in [2.45, 2.75) is 45.1 Å². The van der Waals surface area contributed by atoms with E-state index >= 15 is 0 Å². The highest BCUT2D eigenvalue weighted by atomic mass is 35.5. The van der Waals surface area contributed by atoms with Crippen molar-refractivity contribution in [2.24, 2.45) is 0 Å². The zero-order valence-corrected chi connectivity index (χ0v) is 27.7. The smallest absolute Gasteiger partial charge is 0.338 e. The Hall–Kier alpha value is -5.38. The van der Waals surface area contributed by atoms with E-state index in [-0.39, 0.29) is 23.7 Å². The number of carbonyl (C=O) groups excluding carboxylic acids is 4. The summed E-state index contributed by atoms with van der Waals surface area (Å²) < 4.78 is 12.0. The number of esters is 1. The summed E-state index contributed by atoms with van der Waals surface area (Å²) in [6.07, 6.45) is 0.531. The lowest BCUT2D eigenvalue weighted by Crippen LogP contribution is -2.49. The number of aromatic nitrogens is 4. The highest BCUT2D eigenvalue weighted by molar-refractivity contribution is 6.40. The lowest BCUT2D eigenvalue weighted by Gasteiger charge is -2.34. The molecule has 256 valence electrons.